The highest BCUT2D eigenvalue weighted by atomic mass is 16.3. The van der Waals surface area contributed by atoms with Crippen molar-refractivity contribution in [3.63, 3.8) is 0 Å². The number of nitrogens with zero attached hydrogens (tertiary/aromatic N) is 4. The highest BCUT2D eigenvalue weighted by Gasteiger charge is 2.25. The molecule has 0 amide bonds. The zero-order valence-corrected chi connectivity index (χ0v) is 14.6. The summed E-state index contributed by atoms with van der Waals surface area (Å²) in [5, 5.41) is 36.5. The highest BCUT2D eigenvalue weighted by molar-refractivity contribution is 6.01. The molecule has 2 aliphatic rings. The van der Waals surface area contributed by atoms with Gasteiger partial charge in [0.1, 0.15) is 29.0 Å². The normalized spacial score (nSPS) is 19.5. The minimum Gasteiger partial charge on any atom is -0.507 e. The van der Waals surface area contributed by atoms with Crippen LogP contribution in [0.5, 0.6) is 5.75 Å². The Morgan fingerprint density at radius 2 is 1.89 bits per heavy atom. The molecular formula is C19H20N6O2. The molecule has 1 atom stereocenters. The fourth-order valence-electron chi connectivity index (χ4n) is 3.78. The number of phenolic OH excluding ortho intramolecular Hbond substituents is 1. The lowest BCUT2D eigenvalue weighted by Crippen LogP contribution is -2.43. The average molecular weight is 364 g/mol. The summed E-state index contributed by atoms with van der Waals surface area (Å²) >= 11 is 0. The number of aromatic hydroxyl groups is 1. The molecule has 1 aromatic carbocycles. The quantitative estimate of drug-likeness (QED) is 0.543. The molecule has 138 valence electrons. The molecular weight excluding hydrogens is 344 g/mol. The van der Waals surface area contributed by atoms with Crippen LogP contribution in [-0.2, 0) is 0 Å². The highest BCUT2D eigenvalue weighted by Crippen LogP contribution is 2.37. The topological polar surface area (TPSA) is 98.5 Å². The predicted molar refractivity (Wildman–Crippen MR) is 103 cm³/mol. The number of piperazine rings is 1. The van der Waals surface area contributed by atoms with E-state index < -0.39 is 6.23 Å². The third kappa shape index (κ3) is 2.61. The Kier molecular flexibility index (Phi) is 3.73. The zero-order valence-electron chi connectivity index (χ0n) is 14.6. The molecule has 4 heterocycles. The molecule has 0 bridgehead atoms. The monoisotopic (exact) mass is 364 g/mol. The summed E-state index contributed by atoms with van der Waals surface area (Å²) in [5.41, 5.74) is 2.08. The van der Waals surface area contributed by atoms with Crippen molar-refractivity contribution in [1.82, 2.24) is 25.0 Å². The molecule has 2 aromatic heterocycles. The second-order valence-corrected chi connectivity index (χ2v) is 6.71. The van der Waals surface area contributed by atoms with Gasteiger partial charge in [-0.1, -0.05) is 12.1 Å². The number of aromatic nitrogens is 3. The van der Waals surface area contributed by atoms with Gasteiger partial charge in [-0.3, -0.25) is 4.57 Å². The molecule has 4 N–H and O–H groups in total. The van der Waals surface area contributed by atoms with E-state index in [4.69, 9.17) is 0 Å². The Hall–Kier alpha value is -3.10. The van der Waals surface area contributed by atoms with Crippen LogP contribution >= 0.6 is 0 Å². The Morgan fingerprint density at radius 3 is 2.70 bits per heavy atom. The van der Waals surface area contributed by atoms with E-state index in [1.165, 1.54) is 0 Å². The third-order valence-electron chi connectivity index (χ3n) is 5.05. The number of aliphatic hydroxyl groups excluding tert-OH is 1. The third-order valence-corrected chi connectivity index (χ3v) is 5.05. The SMILES string of the molecule is Oc1ccccc1-c1nnc2c3c1ccn3C(N1CCNCC1)=CC(O)N2. The standard InChI is InChI=1S/C19H20N6O2/c26-14-4-2-1-3-12(14)17-13-5-8-25-16(24-9-6-20-7-10-24)11-15(27)21-19(18(13)25)23-22-17/h1-5,8,11,15,20,26-27H,6-7,9-10H2,(H,21,23). The van der Waals surface area contributed by atoms with Gasteiger partial charge in [0.15, 0.2) is 5.82 Å². The average Bonchev–Trinajstić information content (AvgIpc) is 3.07. The Bertz CT molecular complexity index is 1040. The number of hydrogen-bond donors (Lipinski definition) is 4. The van der Waals surface area contributed by atoms with Crippen LogP contribution in [0.4, 0.5) is 5.82 Å². The summed E-state index contributed by atoms with van der Waals surface area (Å²) < 4.78 is 2.04. The Labute approximate surface area is 155 Å². The van der Waals surface area contributed by atoms with Gasteiger partial charge >= 0.3 is 0 Å². The van der Waals surface area contributed by atoms with Crippen molar-refractivity contribution < 1.29 is 10.2 Å². The number of para-hydroxylation sites is 1. The number of hydrogen-bond acceptors (Lipinski definition) is 7. The molecule has 2 aliphatic heterocycles. The summed E-state index contributed by atoms with van der Waals surface area (Å²) in [5.74, 6) is 1.60. The van der Waals surface area contributed by atoms with Crippen molar-refractivity contribution in [2.24, 2.45) is 0 Å². The maximum absolute atomic E-state index is 10.4. The fourth-order valence-corrected chi connectivity index (χ4v) is 3.78. The number of rotatable bonds is 2. The largest absolute Gasteiger partial charge is 0.507 e. The lowest BCUT2D eigenvalue weighted by Gasteiger charge is -2.32. The fraction of sp³-hybridized carbons (Fsp3) is 0.263. The number of phenols is 1. The Balaban J connectivity index is 1.71. The molecule has 8 nitrogen and oxygen atoms in total. The van der Waals surface area contributed by atoms with Crippen molar-refractivity contribution in [2.45, 2.75) is 6.23 Å². The number of benzene rings is 1. The van der Waals surface area contributed by atoms with E-state index in [0.717, 1.165) is 42.9 Å². The molecule has 0 aliphatic carbocycles. The molecule has 0 radical (unpaired) electrons. The summed E-state index contributed by atoms with van der Waals surface area (Å²) in [6.45, 7) is 3.52. The van der Waals surface area contributed by atoms with Gasteiger partial charge in [-0.25, -0.2) is 0 Å². The molecule has 27 heavy (non-hydrogen) atoms. The van der Waals surface area contributed by atoms with E-state index in [2.05, 4.69) is 25.7 Å². The summed E-state index contributed by atoms with van der Waals surface area (Å²) in [4.78, 5) is 2.25. The van der Waals surface area contributed by atoms with E-state index in [9.17, 15) is 10.2 Å². The summed E-state index contributed by atoms with van der Waals surface area (Å²) in [6.07, 6.45) is 2.91. The first-order valence-corrected chi connectivity index (χ1v) is 9.01. The lowest BCUT2D eigenvalue weighted by atomic mass is 10.1. The van der Waals surface area contributed by atoms with Gasteiger partial charge in [-0.15, -0.1) is 10.2 Å². The zero-order chi connectivity index (χ0) is 18.4. The first-order valence-electron chi connectivity index (χ1n) is 9.01. The molecule has 3 aromatic rings. The van der Waals surface area contributed by atoms with Crippen LogP contribution in [0, 0.1) is 0 Å². The van der Waals surface area contributed by atoms with Crippen molar-refractivity contribution in [3.8, 4) is 17.0 Å². The van der Waals surface area contributed by atoms with Crippen LogP contribution in [0.2, 0.25) is 0 Å². The van der Waals surface area contributed by atoms with E-state index in [-0.39, 0.29) is 5.75 Å². The smallest absolute Gasteiger partial charge is 0.175 e. The minimum atomic E-state index is -0.858. The molecule has 1 fully saturated rings. The van der Waals surface area contributed by atoms with Gasteiger partial charge in [0.05, 0.1) is 0 Å². The second kappa shape index (κ2) is 6.26. The number of anilines is 1. The number of nitrogens with one attached hydrogen (secondary N) is 2. The Morgan fingerprint density at radius 1 is 1.07 bits per heavy atom. The molecule has 0 saturated carbocycles. The molecule has 1 saturated heterocycles. The lowest BCUT2D eigenvalue weighted by molar-refractivity contribution is 0.248. The van der Waals surface area contributed by atoms with E-state index in [0.29, 0.717) is 17.1 Å². The molecule has 5 rings (SSSR count). The van der Waals surface area contributed by atoms with Crippen molar-refractivity contribution in [2.75, 3.05) is 31.5 Å². The minimum absolute atomic E-state index is 0.161. The number of aliphatic hydroxyl groups is 1. The van der Waals surface area contributed by atoms with E-state index >= 15 is 0 Å². The second-order valence-electron chi connectivity index (χ2n) is 6.71. The van der Waals surface area contributed by atoms with Gasteiger partial charge in [0, 0.05) is 49.4 Å². The van der Waals surface area contributed by atoms with Crippen molar-refractivity contribution in [3.05, 3.63) is 42.6 Å². The van der Waals surface area contributed by atoms with Crippen LogP contribution in [-0.4, -0.2) is 62.3 Å². The van der Waals surface area contributed by atoms with Crippen LogP contribution in [0.3, 0.4) is 0 Å². The maximum atomic E-state index is 10.4. The van der Waals surface area contributed by atoms with Gasteiger partial charge in [0.25, 0.3) is 0 Å². The van der Waals surface area contributed by atoms with Gasteiger partial charge in [-0.05, 0) is 18.2 Å². The van der Waals surface area contributed by atoms with E-state index in [1.807, 2.05) is 29.0 Å². The molecule has 1 unspecified atom stereocenters. The summed E-state index contributed by atoms with van der Waals surface area (Å²) in [7, 11) is 0. The molecule has 0 spiro atoms. The van der Waals surface area contributed by atoms with Gasteiger partial charge in [0.2, 0.25) is 0 Å². The van der Waals surface area contributed by atoms with Gasteiger partial charge < -0.3 is 25.7 Å². The van der Waals surface area contributed by atoms with Crippen LogP contribution in [0.15, 0.2) is 42.6 Å². The molecule has 8 heteroatoms. The van der Waals surface area contributed by atoms with Crippen molar-refractivity contribution in [1.29, 1.82) is 0 Å². The van der Waals surface area contributed by atoms with Gasteiger partial charge in [-0.2, -0.15) is 0 Å². The van der Waals surface area contributed by atoms with Crippen LogP contribution < -0.4 is 10.6 Å². The van der Waals surface area contributed by atoms with Crippen molar-refractivity contribution >= 4 is 22.5 Å². The first-order chi connectivity index (χ1) is 13.2. The maximum Gasteiger partial charge on any atom is 0.175 e. The summed E-state index contributed by atoms with van der Waals surface area (Å²) in [6, 6.07) is 9.08. The van der Waals surface area contributed by atoms with E-state index in [1.54, 1.807) is 18.2 Å². The van der Waals surface area contributed by atoms with Crippen LogP contribution in [0.1, 0.15) is 0 Å². The predicted octanol–water partition coefficient (Wildman–Crippen LogP) is 1.25. The first kappa shape index (κ1) is 16.1. The van der Waals surface area contributed by atoms with Crippen LogP contribution in [0.25, 0.3) is 28.0 Å².